The lowest BCUT2D eigenvalue weighted by Gasteiger charge is -1.93. The van der Waals surface area contributed by atoms with Crippen LogP contribution in [-0.2, 0) is 6.54 Å². The third-order valence-electron chi connectivity index (χ3n) is 1.29. The summed E-state index contributed by atoms with van der Waals surface area (Å²) in [6.07, 6.45) is 8.18. The van der Waals surface area contributed by atoms with E-state index in [2.05, 4.69) is 10.1 Å². The first-order chi connectivity index (χ1) is 5.43. The summed E-state index contributed by atoms with van der Waals surface area (Å²) >= 11 is 0. The van der Waals surface area contributed by atoms with Gasteiger partial charge in [-0.1, -0.05) is 12.2 Å². The quantitative estimate of drug-likeness (QED) is 0.626. The van der Waals surface area contributed by atoms with E-state index in [9.17, 15) is 0 Å². The molecule has 0 atom stereocenters. The maximum atomic E-state index is 5.27. The molecule has 1 aromatic rings. The molecule has 1 aromatic heterocycles. The van der Waals surface area contributed by atoms with Gasteiger partial charge < -0.3 is 5.73 Å². The fraction of sp³-hybridized carbons (Fsp3) is 0.429. The van der Waals surface area contributed by atoms with Crippen LogP contribution in [0.5, 0.6) is 0 Å². The van der Waals surface area contributed by atoms with Crippen LogP contribution in [0.3, 0.4) is 0 Å². The standard InChI is InChI=1S/C7H12N4/c8-4-2-1-3-5-11-7-9-6-10-11/h1-2,6-7H,3-5,8H2/b2-1+. The van der Waals surface area contributed by atoms with Crippen LogP contribution in [0.1, 0.15) is 6.42 Å². The third kappa shape index (κ3) is 2.95. The number of hydrogen-bond acceptors (Lipinski definition) is 3. The molecule has 0 spiro atoms. The Hall–Kier alpha value is -1.16. The minimum Gasteiger partial charge on any atom is -0.327 e. The zero-order chi connectivity index (χ0) is 7.94. The van der Waals surface area contributed by atoms with E-state index < -0.39 is 0 Å². The van der Waals surface area contributed by atoms with Crippen LogP contribution in [0.2, 0.25) is 0 Å². The van der Waals surface area contributed by atoms with Gasteiger partial charge in [0, 0.05) is 13.1 Å². The second-order valence-corrected chi connectivity index (χ2v) is 2.15. The van der Waals surface area contributed by atoms with Gasteiger partial charge in [0.25, 0.3) is 0 Å². The lowest BCUT2D eigenvalue weighted by atomic mass is 10.4. The highest BCUT2D eigenvalue weighted by atomic mass is 15.3. The average molecular weight is 152 g/mol. The molecule has 0 radical (unpaired) electrons. The highest BCUT2D eigenvalue weighted by Gasteiger charge is 1.86. The highest BCUT2D eigenvalue weighted by molar-refractivity contribution is 4.82. The van der Waals surface area contributed by atoms with Gasteiger partial charge in [0.1, 0.15) is 12.7 Å². The van der Waals surface area contributed by atoms with Crippen LogP contribution in [-0.4, -0.2) is 21.3 Å². The van der Waals surface area contributed by atoms with E-state index in [1.54, 1.807) is 11.0 Å². The highest BCUT2D eigenvalue weighted by Crippen LogP contribution is 1.87. The van der Waals surface area contributed by atoms with Crippen LogP contribution in [0.25, 0.3) is 0 Å². The predicted octanol–water partition coefficient (Wildman–Crippen LogP) is 0.183. The summed E-state index contributed by atoms with van der Waals surface area (Å²) in [5, 5.41) is 3.95. The van der Waals surface area contributed by atoms with Crippen LogP contribution in [0.4, 0.5) is 0 Å². The molecule has 0 bridgehead atoms. The summed E-state index contributed by atoms with van der Waals surface area (Å²) in [5.41, 5.74) is 5.27. The Morgan fingerprint density at radius 2 is 2.36 bits per heavy atom. The minimum absolute atomic E-state index is 0.608. The molecule has 60 valence electrons. The van der Waals surface area contributed by atoms with Crippen molar-refractivity contribution in [2.45, 2.75) is 13.0 Å². The fourth-order valence-corrected chi connectivity index (χ4v) is 0.769. The molecule has 0 aliphatic rings. The first-order valence-corrected chi connectivity index (χ1v) is 3.61. The Labute approximate surface area is 65.7 Å². The molecular weight excluding hydrogens is 140 g/mol. The molecule has 2 N–H and O–H groups in total. The van der Waals surface area contributed by atoms with E-state index in [-0.39, 0.29) is 0 Å². The number of nitrogens with zero attached hydrogens (tertiary/aromatic N) is 3. The van der Waals surface area contributed by atoms with Gasteiger partial charge in [-0.25, -0.2) is 4.98 Å². The van der Waals surface area contributed by atoms with E-state index in [0.29, 0.717) is 6.54 Å². The minimum atomic E-state index is 0.608. The lowest BCUT2D eigenvalue weighted by Crippen LogP contribution is -1.97. The van der Waals surface area contributed by atoms with Crippen molar-refractivity contribution in [2.24, 2.45) is 5.73 Å². The predicted molar refractivity (Wildman–Crippen MR) is 42.8 cm³/mol. The monoisotopic (exact) mass is 152 g/mol. The van der Waals surface area contributed by atoms with Gasteiger partial charge in [-0.15, -0.1) is 0 Å². The third-order valence-corrected chi connectivity index (χ3v) is 1.29. The first kappa shape index (κ1) is 7.94. The van der Waals surface area contributed by atoms with Crippen molar-refractivity contribution in [1.82, 2.24) is 14.8 Å². The van der Waals surface area contributed by atoms with Crippen molar-refractivity contribution in [2.75, 3.05) is 6.54 Å². The van der Waals surface area contributed by atoms with Gasteiger partial charge in [-0.3, -0.25) is 4.68 Å². The average Bonchev–Trinajstić information content (AvgIpc) is 2.50. The van der Waals surface area contributed by atoms with Gasteiger partial charge in [0.2, 0.25) is 0 Å². The van der Waals surface area contributed by atoms with E-state index in [1.165, 1.54) is 6.33 Å². The van der Waals surface area contributed by atoms with E-state index in [4.69, 9.17) is 5.73 Å². The van der Waals surface area contributed by atoms with Crippen LogP contribution in [0, 0.1) is 0 Å². The lowest BCUT2D eigenvalue weighted by molar-refractivity contribution is 0.621. The van der Waals surface area contributed by atoms with Crippen LogP contribution in [0.15, 0.2) is 24.8 Å². The maximum Gasteiger partial charge on any atom is 0.137 e. The first-order valence-electron chi connectivity index (χ1n) is 3.61. The number of aryl methyl sites for hydroxylation is 1. The smallest absolute Gasteiger partial charge is 0.137 e. The summed E-state index contributed by atoms with van der Waals surface area (Å²) in [4.78, 5) is 3.82. The molecule has 0 aliphatic carbocycles. The summed E-state index contributed by atoms with van der Waals surface area (Å²) in [5.74, 6) is 0. The van der Waals surface area contributed by atoms with Gasteiger partial charge in [-0.05, 0) is 6.42 Å². The van der Waals surface area contributed by atoms with Crippen molar-refractivity contribution in [1.29, 1.82) is 0 Å². The van der Waals surface area contributed by atoms with Crippen molar-refractivity contribution >= 4 is 0 Å². The summed E-state index contributed by atoms with van der Waals surface area (Å²) < 4.78 is 1.79. The maximum absolute atomic E-state index is 5.27. The zero-order valence-corrected chi connectivity index (χ0v) is 6.35. The number of allylic oxidation sites excluding steroid dienone is 1. The molecule has 0 aromatic carbocycles. The second kappa shape index (κ2) is 4.62. The zero-order valence-electron chi connectivity index (χ0n) is 6.35. The Morgan fingerprint density at radius 1 is 1.45 bits per heavy atom. The van der Waals surface area contributed by atoms with Gasteiger partial charge >= 0.3 is 0 Å². The molecule has 4 nitrogen and oxygen atoms in total. The molecule has 11 heavy (non-hydrogen) atoms. The van der Waals surface area contributed by atoms with Crippen LogP contribution >= 0.6 is 0 Å². The van der Waals surface area contributed by atoms with Crippen molar-refractivity contribution < 1.29 is 0 Å². The van der Waals surface area contributed by atoms with Crippen molar-refractivity contribution in [3.8, 4) is 0 Å². The normalized spacial score (nSPS) is 11.0. The van der Waals surface area contributed by atoms with Gasteiger partial charge in [-0.2, -0.15) is 5.10 Å². The topological polar surface area (TPSA) is 56.7 Å². The molecule has 0 saturated heterocycles. The molecular formula is C7H12N4. The SMILES string of the molecule is NC/C=C/CCn1cncn1. The number of rotatable bonds is 4. The Balaban J connectivity index is 2.19. The Kier molecular flexibility index (Phi) is 3.34. The fourth-order valence-electron chi connectivity index (χ4n) is 0.769. The molecule has 0 fully saturated rings. The number of aromatic nitrogens is 3. The Bertz CT molecular complexity index is 202. The number of nitrogens with two attached hydrogens (primary N) is 1. The molecule has 0 saturated carbocycles. The molecule has 0 amide bonds. The molecule has 1 heterocycles. The van der Waals surface area contributed by atoms with E-state index in [0.717, 1.165) is 13.0 Å². The molecule has 0 aliphatic heterocycles. The van der Waals surface area contributed by atoms with E-state index >= 15 is 0 Å². The summed E-state index contributed by atoms with van der Waals surface area (Å²) in [7, 11) is 0. The number of hydrogen-bond donors (Lipinski definition) is 1. The Morgan fingerprint density at radius 3 is 3.00 bits per heavy atom. The summed E-state index contributed by atoms with van der Waals surface area (Å²) in [6.45, 7) is 1.48. The van der Waals surface area contributed by atoms with Crippen LogP contribution < -0.4 is 5.73 Å². The molecule has 1 rings (SSSR count). The summed E-state index contributed by atoms with van der Waals surface area (Å²) in [6, 6.07) is 0. The van der Waals surface area contributed by atoms with E-state index in [1.807, 2.05) is 12.2 Å². The van der Waals surface area contributed by atoms with Gasteiger partial charge in [0.05, 0.1) is 0 Å². The largest absolute Gasteiger partial charge is 0.327 e. The van der Waals surface area contributed by atoms with Gasteiger partial charge in [0.15, 0.2) is 0 Å². The molecule has 0 unspecified atom stereocenters. The van der Waals surface area contributed by atoms with Crippen molar-refractivity contribution in [3.63, 3.8) is 0 Å². The van der Waals surface area contributed by atoms with Crippen molar-refractivity contribution in [3.05, 3.63) is 24.8 Å². The second-order valence-electron chi connectivity index (χ2n) is 2.15. The molecule has 4 heteroatoms.